The Morgan fingerprint density at radius 1 is 0.364 bits per heavy atom. The van der Waals surface area contributed by atoms with Crippen LogP contribution in [-0.4, -0.2) is 170 Å². The SMILES string of the molecule is C=CC(=O)N1CCN(c2nc(=O)n(-c3c(C)ccnc3C(C)C)c3nc(-c4c(Cl)c(N)c(F)c(F)c4Cl)c(F)cc23)CC1.C=CC(=O)N1CCN(c2nc(=O)n(-c3c(C)ccnc3C(C)C)c3nc(-c4c(N)c(Cl)c(F)c(Cl)c4F)c(F)cc23)CC1.C=CC(=O)N1CCN(c2nc(=O)n(-c3c(C)ccnc3C(C)C)c3nc(-c4c(N)c(Cl)c(F)c(F)c4F)c(F)cc23)CC1. The average molecular weight is 1880 g/mol. The molecule has 0 bridgehead atoms. The molecule has 0 atom stereocenters. The van der Waals surface area contributed by atoms with E-state index in [4.69, 9.17) is 75.2 Å². The number of piperazine rings is 3. The number of benzene rings is 3. The highest BCUT2D eigenvalue weighted by Gasteiger charge is 2.37. The Labute approximate surface area is 753 Å². The molecule has 0 aliphatic carbocycles. The second-order valence-corrected chi connectivity index (χ2v) is 32.9. The summed E-state index contributed by atoms with van der Waals surface area (Å²) in [7, 11) is 0. The van der Waals surface area contributed by atoms with Crippen LogP contribution in [0.5, 0.6) is 0 Å². The number of nitrogens with two attached hydrogens (primary N) is 3. The minimum Gasteiger partial charge on any atom is -0.397 e. The van der Waals surface area contributed by atoms with Crippen molar-refractivity contribution in [3.05, 3.63) is 241 Å². The number of hydrogen-bond donors (Lipinski definition) is 3. The lowest BCUT2D eigenvalue weighted by molar-refractivity contribution is -0.127. The van der Waals surface area contributed by atoms with E-state index in [0.29, 0.717) is 77.0 Å². The lowest BCUT2D eigenvalue weighted by Gasteiger charge is -2.35. The van der Waals surface area contributed by atoms with Gasteiger partial charge in [0.2, 0.25) is 17.7 Å². The van der Waals surface area contributed by atoms with Crippen molar-refractivity contribution in [3.8, 4) is 50.8 Å². The molecule has 12 heterocycles. The van der Waals surface area contributed by atoms with Gasteiger partial charge in [0.25, 0.3) is 0 Å². The number of hydrogen-bond acceptors (Lipinski definition) is 21. The Morgan fingerprint density at radius 2 is 0.651 bits per heavy atom. The van der Waals surface area contributed by atoms with Crippen LogP contribution in [0.1, 0.15) is 93.1 Å². The van der Waals surface area contributed by atoms with Gasteiger partial charge < -0.3 is 46.6 Å². The van der Waals surface area contributed by atoms with Crippen LogP contribution in [0.2, 0.25) is 25.1 Å². The van der Waals surface area contributed by atoms with Crippen LogP contribution < -0.4 is 49.0 Å². The second-order valence-electron chi connectivity index (χ2n) is 31.0. The molecule has 3 fully saturated rings. The molecular formula is C87H78Cl5F10N21O6. The van der Waals surface area contributed by atoms with Crippen molar-refractivity contribution < 1.29 is 58.3 Å². The summed E-state index contributed by atoms with van der Waals surface area (Å²) in [6, 6.07) is 8.19. The normalized spacial score (nSPS) is 13.7. The Kier molecular flexibility index (Phi) is 27.2. The van der Waals surface area contributed by atoms with E-state index in [2.05, 4.69) is 64.6 Å². The molecule has 27 nitrogen and oxygen atoms in total. The van der Waals surface area contributed by atoms with Gasteiger partial charge in [-0.2, -0.15) is 15.0 Å². The molecular weight excluding hydrogens is 1800 g/mol. The van der Waals surface area contributed by atoms with Gasteiger partial charge in [0, 0.05) is 103 Å². The molecule has 0 saturated carbocycles. The van der Waals surface area contributed by atoms with Crippen LogP contribution in [0.4, 0.5) is 78.4 Å². The predicted molar refractivity (Wildman–Crippen MR) is 476 cm³/mol. The van der Waals surface area contributed by atoms with E-state index in [1.807, 2.05) is 41.5 Å². The van der Waals surface area contributed by atoms with Crippen LogP contribution in [0, 0.1) is 78.9 Å². The number of carbonyl (C=O) groups is 3. The maximum absolute atomic E-state index is 16.0. The summed E-state index contributed by atoms with van der Waals surface area (Å²) in [5.74, 6) is -15.2. The van der Waals surface area contributed by atoms with Crippen LogP contribution >= 0.6 is 58.0 Å². The summed E-state index contributed by atoms with van der Waals surface area (Å²) in [6.07, 6.45) is 8.41. The maximum Gasteiger partial charge on any atom is 0.355 e. The predicted octanol–water partition coefficient (Wildman–Crippen LogP) is 15.7. The van der Waals surface area contributed by atoms with Crippen LogP contribution in [0.25, 0.3) is 83.9 Å². The van der Waals surface area contributed by atoms with E-state index in [-0.39, 0.29) is 138 Å². The third-order valence-electron chi connectivity index (χ3n) is 22.0. The molecule has 0 spiro atoms. The molecule has 6 N–H and O–H groups in total. The van der Waals surface area contributed by atoms with Gasteiger partial charge in [-0.05, 0) is 110 Å². The van der Waals surface area contributed by atoms with Gasteiger partial charge in [-0.25, -0.2) is 86.9 Å². The lowest BCUT2D eigenvalue weighted by Crippen LogP contribution is -2.49. The van der Waals surface area contributed by atoms with Crippen molar-refractivity contribution in [2.24, 2.45) is 0 Å². The average Bonchev–Trinajstić information content (AvgIpc) is 0.738. The summed E-state index contributed by atoms with van der Waals surface area (Å²) in [5, 5.41) is -3.66. The number of pyridine rings is 6. The van der Waals surface area contributed by atoms with Gasteiger partial charge in [-0.15, -0.1) is 0 Å². The summed E-state index contributed by atoms with van der Waals surface area (Å²) >= 11 is 30.0. The molecule has 3 aliphatic heterocycles. The largest absolute Gasteiger partial charge is 0.397 e. The molecule has 0 radical (unpaired) electrons. The smallest absolute Gasteiger partial charge is 0.355 e. The van der Waals surface area contributed by atoms with Crippen molar-refractivity contribution in [3.63, 3.8) is 0 Å². The molecule has 0 unspecified atom stereocenters. The molecule has 12 aromatic rings. The van der Waals surface area contributed by atoms with Crippen LogP contribution in [0.15, 0.2) is 107 Å². The first kappa shape index (κ1) is 93.8. The second kappa shape index (κ2) is 37.5. The van der Waals surface area contributed by atoms with Gasteiger partial charge in [-0.1, -0.05) is 119 Å². The fourth-order valence-electron chi connectivity index (χ4n) is 15.4. The van der Waals surface area contributed by atoms with Gasteiger partial charge in [-0.3, -0.25) is 29.3 Å². The van der Waals surface area contributed by atoms with Gasteiger partial charge in [0.15, 0.2) is 69.3 Å². The molecule has 9 aromatic heterocycles. The quantitative estimate of drug-likeness (QED) is 0.0282. The minimum absolute atomic E-state index is 0.0514. The van der Waals surface area contributed by atoms with Crippen molar-refractivity contribution in [1.82, 2.24) is 73.3 Å². The zero-order valence-corrected chi connectivity index (χ0v) is 73.9. The number of rotatable bonds is 15. The van der Waals surface area contributed by atoms with E-state index in [1.165, 1.54) is 27.4 Å². The topological polar surface area (TPSA) is 331 Å². The minimum atomic E-state index is -1.96. The Bertz CT molecular complexity index is 6170. The van der Waals surface area contributed by atoms with Crippen LogP contribution in [0.3, 0.4) is 0 Å². The highest BCUT2D eigenvalue weighted by molar-refractivity contribution is 6.41. The summed E-state index contributed by atoms with van der Waals surface area (Å²) in [6.45, 7) is 30.5. The number of carbonyl (C=O) groups excluding carboxylic acids is 3. The molecule has 15 rings (SSSR count). The number of nitrogens with zero attached hydrogens (tertiary/aromatic N) is 18. The van der Waals surface area contributed by atoms with E-state index >= 15 is 22.0 Å². The molecule has 3 aromatic carbocycles. The third kappa shape index (κ3) is 17.2. The Balaban J connectivity index is 0.000000165. The van der Waals surface area contributed by atoms with E-state index in [1.54, 1.807) is 87.0 Å². The van der Waals surface area contributed by atoms with Gasteiger partial charge in [0.1, 0.15) is 55.4 Å². The number of amides is 3. The molecule has 42 heteroatoms. The number of anilines is 6. The summed E-state index contributed by atoms with van der Waals surface area (Å²) in [5.41, 5.74) is 13.3. The number of aryl methyl sites for hydroxylation is 3. The van der Waals surface area contributed by atoms with Gasteiger partial charge >= 0.3 is 17.1 Å². The highest BCUT2D eigenvalue weighted by Crippen LogP contribution is 2.47. The van der Waals surface area contributed by atoms with Crippen LogP contribution in [-0.2, 0) is 14.4 Å². The molecule has 672 valence electrons. The van der Waals surface area contributed by atoms with E-state index in [9.17, 15) is 50.7 Å². The number of fused-ring (bicyclic) bond motifs is 3. The van der Waals surface area contributed by atoms with Crippen molar-refractivity contribution in [2.45, 2.75) is 80.1 Å². The number of nitrogen functional groups attached to an aromatic ring is 3. The Morgan fingerprint density at radius 3 is 0.953 bits per heavy atom. The fraction of sp³-hybridized carbons (Fsp3) is 0.276. The zero-order chi connectivity index (χ0) is 94.0. The van der Waals surface area contributed by atoms with Crippen molar-refractivity contribution >= 4 is 143 Å². The zero-order valence-electron chi connectivity index (χ0n) is 70.2. The summed E-state index contributed by atoms with van der Waals surface area (Å²) in [4.78, 5) is 127. The monoisotopic (exact) mass is 1880 g/mol. The first-order valence-electron chi connectivity index (χ1n) is 39.7. The van der Waals surface area contributed by atoms with E-state index in [0.717, 1.165) is 22.8 Å². The Hall–Kier alpha value is -12.8. The fourth-order valence-corrected chi connectivity index (χ4v) is 16.6. The molecule has 3 amide bonds. The first-order valence-corrected chi connectivity index (χ1v) is 41.6. The lowest BCUT2D eigenvalue weighted by atomic mass is 10.0. The third-order valence-corrected chi connectivity index (χ3v) is 23.8. The number of aromatic nitrogens is 12. The van der Waals surface area contributed by atoms with Crippen molar-refractivity contribution in [1.29, 1.82) is 0 Å². The molecule has 3 saturated heterocycles. The van der Waals surface area contributed by atoms with Crippen molar-refractivity contribution in [2.75, 3.05) is 110 Å². The first-order chi connectivity index (χ1) is 61.1. The van der Waals surface area contributed by atoms with Gasteiger partial charge in [0.05, 0.1) is 88.5 Å². The molecule has 129 heavy (non-hydrogen) atoms. The number of halogens is 15. The standard InChI is InChI=1S/2C29H26Cl2F3N7O2.C29H26ClF4N7O2/c1-5-17(42)39-8-10-40(11-9-39)27-15-12-16(32)25(18-21(33)19(30)22(34)20(31)23(18)35)37-28(15)41(29(43)38-27)26-14(4)6-7-36-24(26)13(2)3;1-5-17(42)39-8-10-40(11-9-39)27-15-12-16(32)25(18-19(30)21(33)22(34)23(35)20(18)31)37-28(15)41(29(43)38-27)26-14(4)6-7-36-24(26)13(2)3;1-5-17(42)39-8-10-40(11-9-39)27-15-12-16(31)25(18-20(32)22(34)21(33)19(30)23(18)35)37-28(15)41(29(43)38-27)26-14(4)6-7-36-24(26)13(2)3/h3*5-7,12-13H,1,8-11,35H2,2-4H3. The van der Waals surface area contributed by atoms with E-state index < -0.39 is 151 Å². The maximum atomic E-state index is 16.0. The highest BCUT2D eigenvalue weighted by atomic mass is 35.5. The summed E-state index contributed by atoms with van der Waals surface area (Å²) < 4.78 is 154. The molecule has 3 aliphatic rings.